The van der Waals surface area contributed by atoms with Crippen molar-refractivity contribution in [1.29, 1.82) is 0 Å². The minimum Gasteiger partial charge on any atom is -0.358 e. The van der Waals surface area contributed by atoms with E-state index in [9.17, 15) is 0 Å². The summed E-state index contributed by atoms with van der Waals surface area (Å²) < 4.78 is 0. The fraction of sp³-hybridized carbons (Fsp3) is 0.0588. The van der Waals surface area contributed by atoms with Crippen LogP contribution in [0.25, 0.3) is 11.1 Å². The Morgan fingerprint density at radius 3 is 2.05 bits per heavy atom. The van der Waals surface area contributed by atoms with Gasteiger partial charge in [-0.25, -0.2) is 0 Å². The molecule has 21 heavy (non-hydrogen) atoms. The van der Waals surface area contributed by atoms with Crippen LogP contribution in [-0.2, 0) is 0 Å². The van der Waals surface area contributed by atoms with Crippen LogP contribution in [0, 0.1) is 0 Å². The first-order valence-corrected chi connectivity index (χ1v) is 7.13. The summed E-state index contributed by atoms with van der Waals surface area (Å²) in [4.78, 5) is 0. The molecule has 0 aromatic heterocycles. The summed E-state index contributed by atoms with van der Waals surface area (Å²) >= 11 is 5.17. The smallest absolute Gasteiger partial charge is 0.187 e. The predicted octanol–water partition coefficient (Wildman–Crippen LogP) is 3.07. The largest absolute Gasteiger partial charge is 0.358 e. The monoisotopic (exact) mass is 293 g/mol. The van der Waals surface area contributed by atoms with E-state index in [2.05, 4.69) is 46.7 Å². The van der Waals surface area contributed by atoms with Crippen LogP contribution in [0.5, 0.6) is 0 Å². The molecule has 2 aromatic rings. The van der Waals surface area contributed by atoms with Crippen molar-refractivity contribution in [1.82, 2.24) is 10.7 Å². The molecule has 2 aromatic carbocycles. The molecular weight excluding hydrogens is 278 g/mol. The van der Waals surface area contributed by atoms with Crippen LogP contribution in [0.2, 0.25) is 0 Å². The lowest BCUT2D eigenvalue weighted by Gasteiger charge is -2.06. The maximum absolute atomic E-state index is 5.17. The van der Waals surface area contributed by atoms with E-state index in [-0.39, 0.29) is 0 Å². The summed E-state index contributed by atoms with van der Waals surface area (Å²) in [5, 5.41) is 7.98. The molecule has 3 nitrogen and oxygen atoms in total. The van der Waals surface area contributed by atoms with E-state index >= 15 is 0 Å². The lowest BCUT2D eigenvalue weighted by atomic mass is 10.1. The van der Waals surface area contributed by atoms with Gasteiger partial charge >= 0.3 is 0 Å². The molecule has 0 heterocycles. The zero-order chi connectivity index (χ0) is 14.7. The highest BCUT2D eigenvalue weighted by atomic mass is 32.1. The lowest BCUT2D eigenvalue weighted by molar-refractivity contribution is 0.938. The summed E-state index contributed by atoms with van der Waals surface area (Å²) in [5.41, 5.74) is 8.48. The molecule has 0 bridgehead atoms. The van der Waals surface area contributed by atoms with E-state index in [0.717, 1.165) is 16.8 Å². The van der Waals surface area contributed by atoms with Gasteiger partial charge in [-0.15, -0.1) is 6.58 Å². The van der Waals surface area contributed by atoms with Gasteiger partial charge in [0, 0.05) is 17.7 Å². The number of thiocarbonyl (C=S) groups is 1. The number of hydrogen-bond acceptors (Lipinski definition) is 2. The minimum atomic E-state index is 0.490. The van der Waals surface area contributed by atoms with Crippen molar-refractivity contribution in [3.63, 3.8) is 0 Å². The summed E-state index contributed by atoms with van der Waals surface area (Å²) in [7, 11) is 0. The molecule has 4 heteroatoms. The predicted molar refractivity (Wildman–Crippen MR) is 91.5 cm³/mol. The van der Waals surface area contributed by atoms with Gasteiger partial charge in [0.25, 0.3) is 0 Å². The molecule has 0 spiro atoms. The molecule has 1 aliphatic carbocycles. The molecule has 0 saturated carbocycles. The molecule has 2 N–H and O–H groups in total. The quantitative estimate of drug-likeness (QED) is 0.443. The Kier molecular flexibility index (Phi) is 3.79. The lowest BCUT2D eigenvalue weighted by Crippen LogP contribution is -2.32. The number of nitrogens with zero attached hydrogens (tertiary/aromatic N) is 1. The van der Waals surface area contributed by atoms with Crippen molar-refractivity contribution < 1.29 is 0 Å². The van der Waals surface area contributed by atoms with Gasteiger partial charge in [-0.05, 0) is 23.3 Å². The summed E-state index contributed by atoms with van der Waals surface area (Å²) in [6, 6.07) is 16.5. The average molecular weight is 293 g/mol. The molecular formula is C17H15N3S. The van der Waals surface area contributed by atoms with Gasteiger partial charge in [-0.1, -0.05) is 54.6 Å². The zero-order valence-corrected chi connectivity index (χ0v) is 12.3. The van der Waals surface area contributed by atoms with Crippen molar-refractivity contribution in [2.75, 3.05) is 6.54 Å². The highest BCUT2D eigenvalue weighted by molar-refractivity contribution is 7.80. The molecule has 0 fully saturated rings. The van der Waals surface area contributed by atoms with Crippen molar-refractivity contribution in [2.45, 2.75) is 0 Å². The topological polar surface area (TPSA) is 36.4 Å². The SMILES string of the molecule is C=CCNC(=S)NN=C1c2ccccc2-c2ccccc21. The third-order valence-electron chi connectivity index (χ3n) is 3.33. The second-order valence-electron chi connectivity index (χ2n) is 4.66. The molecule has 0 amide bonds. The molecule has 0 saturated heterocycles. The number of rotatable bonds is 3. The first-order chi connectivity index (χ1) is 10.3. The Balaban J connectivity index is 1.95. The summed E-state index contributed by atoms with van der Waals surface area (Å²) in [6.45, 7) is 4.26. The van der Waals surface area contributed by atoms with Crippen molar-refractivity contribution >= 4 is 23.0 Å². The number of fused-ring (bicyclic) bond motifs is 3. The van der Waals surface area contributed by atoms with E-state index in [0.29, 0.717) is 11.7 Å². The fourth-order valence-corrected chi connectivity index (χ4v) is 2.55. The second-order valence-corrected chi connectivity index (χ2v) is 5.07. The highest BCUT2D eigenvalue weighted by Gasteiger charge is 2.23. The number of benzene rings is 2. The Morgan fingerprint density at radius 2 is 1.52 bits per heavy atom. The average Bonchev–Trinajstić information content (AvgIpc) is 2.85. The summed E-state index contributed by atoms with van der Waals surface area (Å²) in [6.07, 6.45) is 1.75. The van der Waals surface area contributed by atoms with Crippen LogP contribution in [0.1, 0.15) is 11.1 Å². The molecule has 1 aliphatic rings. The van der Waals surface area contributed by atoms with Crippen LogP contribution in [0.4, 0.5) is 0 Å². The molecule has 104 valence electrons. The van der Waals surface area contributed by atoms with E-state index < -0.39 is 0 Å². The van der Waals surface area contributed by atoms with Gasteiger partial charge in [0.15, 0.2) is 5.11 Å². The maximum Gasteiger partial charge on any atom is 0.187 e. The Hall–Kier alpha value is -2.46. The van der Waals surface area contributed by atoms with Crippen LogP contribution >= 0.6 is 12.2 Å². The van der Waals surface area contributed by atoms with E-state index in [1.807, 2.05) is 24.3 Å². The van der Waals surface area contributed by atoms with Gasteiger partial charge in [-0.3, -0.25) is 5.43 Å². The zero-order valence-electron chi connectivity index (χ0n) is 11.5. The number of hydrazone groups is 1. The van der Waals surface area contributed by atoms with Gasteiger partial charge < -0.3 is 5.32 Å². The van der Waals surface area contributed by atoms with Gasteiger partial charge in [0.05, 0.1) is 5.71 Å². The third kappa shape index (κ3) is 2.58. The van der Waals surface area contributed by atoms with Crippen LogP contribution < -0.4 is 10.7 Å². The highest BCUT2D eigenvalue weighted by Crippen LogP contribution is 2.36. The van der Waals surface area contributed by atoms with Gasteiger partial charge in [-0.2, -0.15) is 5.10 Å². The number of hydrogen-bond donors (Lipinski definition) is 2. The van der Waals surface area contributed by atoms with Crippen LogP contribution in [0.3, 0.4) is 0 Å². The summed E-state index contributed by atoms with van der Waals surface area (Å²) in [5.74, 6) is 0. The minimum absolute atomic E-state index is 0.490. The van der Waals surface area contributed by atoms with E-state index in [4.69, 9.17) is 12.2 Å². The first-order valence-electron chi connectivity index (χ1n) is 6.73. The van der Waals surface area contributed by atoms with Gasteiger partial charge in [0.2, 0.25) is 0 Å². The molecule has 3 rings (SSSR count). The fourth-order valence-electron chi connectivity index (χ4n) is 2.43. The first kappa shape index (κ1) is 13.5. The Bertz CT molecular complexity index is 687. The van der Waals surface area contributed by atoms with Crippen LogP contribution in [-0.4, -0.2) is 17.4 Å². The third-order valence-corrected chi connectivity index (χ3v) is 3.57. The molecule has 0 aliphatic heterocycles. The maximum atomic E-state index is 5.17. The standard InChI is InChI=1S/C17H15N3S/c1-2-11-18-17(21)20-19-16-14-9-5-3-7-12(14)13-8-4-6-10-15(13)16/h2-10H,1,11H2,(H2,18,20,21). The van der Waals surface area contributed by atoms with E-state index in [1.165, 1.54) is 11.1 Å². The Morgan fingerprint density at radius 1 is 1.00 bits per heavy atom. The van der Waals surface area contributed by atoms with E-state index in [1.54, 1.807) is 6.08 Å². The van der Waals surface area contributed by atoms with Gasteiger partial charge in [0.1, 0.15) is 0 Å². The normalized spacial score (nSPS) is 11.3. The number of nitrogens with one attached hydrogen (secondary N) is 2. The van der Waals surface area contributed by atoms with Crippen molar-refractivity contribution in [3.8, 4) is 11.1 Å². The van der Waals surface area contributed by atoms with Crippen molar-refractivity contribution in [2.24, 2.45) is 5.10 Å². The van der Waals surface area contributed by atoms with Crippen LogP contribution in [0.15, 0.2) is 66.3 Å². The molecule has 0 radical (unpaired) electrons. The second kappa shape index (κ2) is 5.89. The van der Waals surface area contributed by atoms with Crippen molar-refractivity contribution in [3.05, 3.63) is 72.3 Å². The molecule has 0 unspecified atom stereocenters. The Labute approximate surface area is 129 Å². The molecule has 0 atom stereocenters.